The van der Waals surface area contributed by atoms with Gasteiger partial charge in [0.05, 0.1) is 6.10 Å². The van der Waals surface area contributed by atoms with E-state index in [1.54, 1.807) is 31.4 Å². The van der Waals surface area contributed by atoms with Crippen molar-refractivity contribution in [1.82, 2.24) is 9.80 Å². The van der Waals surface area contributed by atoms with Crippen LogP contribution in [-0.4, -0.2) is 61.6 Å². The summed E-state index contributed by atoms with van der Waals surface area (Å²) in [4.78, 5) is 16.8. The Morgan fingerprint density at radius 1 is 1.41 bits per heavy atom. The number of nitrogens with zero attached hydrogens (tertiary/aromatic N) is 2. The van der Waals surface area contributed by atoms with Crippen molar-refractivity contribution >= 4 is 17.5 Å². The van der Waals surface area contributed by atoms with Gasteiger partial charge in [0.2, 0.25) is 0 Å². The zero-order valence-corrected chi connectivity index (χ0v) is 14.3. The fourth-order valence-corrected chi connectivity index (χ4v) is 2.95. The Labute approximate surface area is 138 Å². The van der Waals surface area contributed by atoms with Crippen LogP contribution in [0, 0.1) is 0 Å². The average Bonchev–Trinajstić information content (AvgIpc) is 2.48. The molecule has 122 valence electrons. The summed E-state index contributed by atoms with van der Waals surface area (Å²) in [5.41, 5.74) is 0.686. The maximum Gasteiger partial charge on any atom is 0.253 e. The molecule has 1 aliphatic rings. The number of hydrogen-bond donors (Lipinski definition) is 0. The van der Waals surface area contributed by atoms with E-state index in [4.69, 9.17) is 16.3 Å². The van der Waals surface area contributed by atoms with E-state index >= 15 is 0 Å². The number of halogens is 1. The van der Waals surface area contributed by atoms with Crippen LogP contribution in [0.2, 0.25) is 5.02 Å². The number of hydrogen-bond acceptors (Lipinski definition) is 3. The molecule has 1 saturated heterocycles. The van der Waals surface area contributed by atoms with Gasteiger partial charge >= 0.3 is 0 Å². The highest BCUT2D eigenvalue weighted by Crippen LogP contribution is 2.18. The molecule has 1 atom stereocenters. The molecule has 1 aromatic rings. The molecule has 1 heterocycles. The van der Waals surface area contributed by atoms with Crippen LogP contribution in [0.4, 0.5) is 0 Å². The maximum absolute atomic E-state index is 12.6. The first-order chi connectivity index (χ1) is 10.5. The second-order valence-electron chi connectivity index (χ2n) is 5.94. The molecule has 0 spiro atoms. The number of likely N-dealkylation sites (tertiary alicyclic amines) is 1. The summed E-state index contributed by atoms with van der Waals surface area (Å²) >= 11 is 5.89. The van der Waals surface area contributed by atoms with Crippen LogP contribution >= 0.6 is 11.6 Å². The second kappa shape index (κ2) is 7.95. The molecule has 0 aromatic heterocycles. The standard InChI is InChI=1S/C17H25ClN2O2/c1-4-5-15(10-20-11-16(12-20)22-3)19(2)17(21)13-6-8-14(18)9-7-13/h6-9,15-16H,4-5,10-12H2,1-3H3/t15-/m0/s1. The largest absolute Gasteiger partial charge is 0.379 e. The van der Waals surface area contributed by atoms with Gasteiger partial charge in [-0.05, 0) is 30.7 Å². The Kier molecular flexibility index (Phi) is 6.24. The molecular formula is C17H25ClN2O2. The molecule has 0 saturated carbocycles. The zero-order chi connectivity index (χ0) is 16.1. The van der Waals surface area contributed by atoms with Gasteiger partial charge in [-0.2, -0.15) is 0 Å². The van der Waals surface area contributed by atoms with E-state index in [0.717, 1.165) is 32.5 Å². The Morgan fingerprint density at radius 3 is 2.59 bits per heavy atom. The minimum absolute atomic E-state index is 0.0546. The van der Waals surface area contributed by atoms with Gasteiger partial charge in [0.25, 0.3) is 5.91 Å². The van der Waals surface area contributed by atoms with Gasteiger partial charge in [0, 0.05) is 50.4 Å². The molecule has 0 N–H and O–H groups in total. The maximum atomic E-state index is 12.6. The topological polar surface area (TPSA) is 32.8 Å². The highest BCUT2D eigenvalue weighted by atomic mass is 35.5. The van der Waals surface area contributed by atoms with E-state index in [1.807, 2.05) is 11.9 Å². The van der Waals surface area contributed by atoms with Crippen LogP contribution in [0.25, 0.3) is 0 Å². The average molecular weight is 325 g/mol. The molecule has 1 fully saturated rings. The van der Waals surface area contributed by atoms with E-state index in [0.29, 0.717) is 16.7 Å². The SMILES string of the molecule is CCC[C@@H](CN1CC(OC)C1)N(C)C(=O)c1ccc(Cl)cc1. The van der Waals surface area contributed by atoms with Gasteiger partial charge < -0.3 is 9.64 Å². The van der Waals surface area contributed by atoms with Crippen molar-refractivity contribution in [2.75, 3.05) is 33.8 Å². The van der Waals surface area contributed by atoms with Gasteiger partial charge in [-0.25, -0.2) is 0 Å². The number of ether oxygens (including phenoxy) is 1. The highest BCUT2D eigenvalue weighted by molar-refractivity contribution is 6.30. The number of likely N-dealkylation sites (N-methyl/N-ethyl adjacent to an activating group) is 1. The van der Waals surface area contributed by atoms with Crippen molar-refractivity contribution in [2.24, 2.45) is 0 Å². The van der Waals surface area contributed by atoms with Crippen molar-refractivity contribution in [3.8, 4) is 0 Å². The molecule has 0 unspecified atom stereocenters. The predicted octanol–water partition coefficient (Wildman–Crippen LogP) is 2.91. The molecule has 1 amide bonds. The van der Waals surface area contributed by atoms with Crippen molar-refractivity contribution in [1.29, 1.82) is 0 Å². The summed E-state index contributed by atoms with van der Waals surface area (Å²) in [7, 11) is 3.65. The normalized spacial score (nSPS) is 17.1. The summed E-state index contributed by atoms with van der Waals surface area (Å²) in [6, 6.07) is 7.32. The number of carbonyl (C=O) groups excluding carboxylic acids is 1. The molecule has 22 heavy (non-hydrogen) atoms. The molecule has 0 radical (unpaired) electrons. The molecule has 1 aromatic carbocycles. The fraction of sp³-hybridized carbons (Fsp3) is 0.588. The molecular weight excluding hydrogens is 300 g/mol. The lowest BCUT2D eigenvalue weighted by Crippen LogP contribution is -2.56. The number of carbonyl (C=O) groups is 1. The molecule has 0 aliphatic carbocycles. The molecule has 0 bridgehead atoms. The lowest BCUT2D eigenvalue weighted by molar-refractivity contribution is -0.0382. The summed E-state index contributed by atoms with van der Waals surface area (Å²) in [6.07, 6.45) is 2.41. The smallest absolute Gasteiger partial charge is 0.253 e. The minimum atomic E-state index is 0.0546. The summed E-state index contributed by atoms with van der Waals surface area (Å²) in [5, 5.41) is 0.649. The number of rotatable bonds is 7. The van der Waals surface area contributed by atoms with Crippen LogP contribution in [0.5, 0.6) is 0 Å². The van der Waals surface area contributed by atoms with Gasteiger partial charge in [-0.3, -0.25) is 9.69 Å². The first-order valence-corrected chi connectivity index (χ1v) is 8.20. The van der Waals surface area contributed by atoms with Gasteiger partial charge in [-0.15, -0.1) is 0 Å². The van der Waals surface area contributed by atoms with Gasteiger partial charge in [0.1, 0.15) is 0 Å². The second-order valence-corrected chi connectivity index (χ2v) is 6.38. The van der Waals surface area contributed by atoms with Crippen LogP contribution in [-0.2, 0) is 4.74 Å². The number of methoxy groups -OCH3 is 1. The summed E-state index contributed by atoms with van der Waals surface area (Å²) in [6.45, 7) is 4.98. The van der Waals surface area contributed by atoms with E-state index in [2.05, 4.69) is 11.8 Å². The number of amides is 1. The van der Waals surface area contributed by atoms with Crippen molar-refractivity contribution in [3.05, 3.63) is 34.9 Å². The van der Waals surface area contributed by atoms with Crippen LogP contribution in [0.1, 0.15) is 30.1 Å². The highest BCUT2D eigenvalue weighted by Gasteiger charge is 2.30. The van der Waals surface area contributed by atoms with Gasteiger partial charge in [0.15, 0.2) is 0 Å². The zero-order valence-electron chi connectivity index (χ0n) is 13.6. The van der Waals surface area contributed by atoms with Crippen LogP contribution in [0.3, 0.4) is 0 Å². The van der Waals surface area contributed by atoms with Crippen molar-refractivity contribution in [2.45, 2.75) is 31.9 Å². The fourth-order valence-electron chi connectivity index (χ4n) is 2.82. The number of benzene rings is 1. The third-order valence-corrected chi connectivity index (χ3v) is 4.56. The predicted molar refractivity (Wildman–Crippen MR) is 89.5 cm³/mol. The van der Waals surface area contributed by atoms with Crippen LogP contribution in [0.15, 0.2) is 24.3 Å². The van der Waals surface area contributed by atoms with E-state index < -0.39 is 0 Å². The first kappa shape index (κ1) is 17.3. The molecule has 1 aliphatic heterocycles. The third kappa shape index (κ3) is 4.22. The van der Waals surface area contributed by atoms with E-state index in [-0.39, 0.29) is 11.9 Å². The Bertz CT molecular complexity index is 486. The van der Waals surface area contributed by atoms with Crippen molar-refractivity contribution < 1.29 is 9.53 Å². The first-order valence-electron chi connectivity index (χ1n) is 7.83. The van der Waals surface area contributed by atoms with E-state index in [1.165, 1.54) is 0 Å². The third-order valence-electron chi connectivity index (χ3n) is 4.31. The van der Waals surface area contributed by atoms with Crippen molar-refractivity contribution in [3.63, 3.8) is 0 Å². The lowest BCUT2D eigenvalue weighted by atomic mass is 10.0. The lowest BCUT2D eigenvalue weighted by Gasteiger charge is -2.42. The monoisotopic (exact) mass is 324 g/mol. The van der Waals surface area contributed by atoms with Gasteiger partial charge in [-0.1, -0.05) is 24.9 Å². The Hall–Kier alpha value is -1.10. The van der Waals surface area contributed by atoms with Crippen LogP contribution < -0.4 is 0 Å². The summed E-state index contributed by atoms with van der Waals surface area (Å²) < 4.78 is 5.31. The molecule has 5 heteroatoms. The quantitative estimate of drug-likeness (QED) is 0.773. The molecule has 4 nitrogen and oxygen atoms in total. The Balaban J connectivity index is 1.97. The summed E-state index contributed by atoms with van der Waals surface area (Å²) in [5.74, 6) is 0.0546. The molecule has 2 rings (SSSR count). The van der Waals surface area contributed by atoms with E-state index in [9.17, 15) is 4.79 Å². The minimum Gasteiger partial charge on any atom is -0.379 e. The Morgan fingerprint density at radius 2 is 2.05 bits per heavy atom.